The first-order valence-electron chi connectivity index (χ1n) is 8.24. The average Bonchev–Trinajstić information content (AvgIpc) is 2.90. The van der Waals surface area contributed by atoms with E-state index in [-0.39, 0.29) is 37.3 Å². The number of alkyl halides is 3. The summed E-state index contributed by atoms with van der Waals surface area (Å²) in [6.45, 7) is 0.664. The summed E-state index contributed by atoms with van der Waals surface area (Å²) in [5, 5.41) is 0. The molecule has 3 rings (SSSR count). The average molecular weight is 383 g/mol. The number of fused-ring (bicyclic) bond motifs is 1. The molecular formula is C17H16F3N3O4. The minimum Gasteiger partial charge on any atom is -0.337 e. The van der Waals surface area contributed by atoms with E-state index >= 15 is 0 Å². The summed E-state index contributed by atoms with van der Waals surface area (Å²) in [7, 11) is 0. The van der Waals surface area contributed by atoms with Crippen LogP contribution in [0.25, 0.3) is 0 Å². The summed E-state index contributed by atoms with van der Waals surface area (Å²) < 4.78 is 37.5. The zero-order valence-electron chi connectivity index (χ0n) is 14.3. The minimum absolute atomic E-state index is 0.103. The maximum atomic E-state index is 12.7. The number of amides is 4. The molecule has 27 heavy (non-hydrogen) atoms. The molecule has 0 spiro atoms. The Hall–Kier alpha value is -2.91. The van der Waals surface area contributed by atoms with Crippen molar-refractivity contribution in [3.63, 3.8) is 0 Å². The molecule has 0 bridgehead atoms. The quantitative estimate of drug-likeness (QED) is 0.711. The van der Waals surface area contributed by atoms with Crippen LogP contribution < -0.4 is 0 Å². The van der Waals surface area contributed by atoms with Crippen molar-refractivity contribution in [1.82, 2.24) is 14.7 Å². The molecule has 1 unspecified atom stereocenters. The molecule has 10 heteroatoms. The van der Waals surface area contributed by atoms with Crippen LogP contribution in [0.5, 0.6) is 0 Å². The molecule has 2 heterocycles. The molecule has 0 N–H and O–H groups in total. The van der Waals surface area contributed by atoms with Crippen LogP contribution in [0, 0.1) is 0 Å². The zero-order chi connectivity index (χ0) is 19.9. The molecule has 1 aromatic carbocycles. The van der Waals surface area contributed by atoms with Crippen LogP contribution in [0.15, 0.2) is 24.3 Å². The first kappa shape index (κ1) is 18.9. The Bertz CT molecular complexity index is 781. The van der Waals surface area contributed by atoms with Crippen LogP contribution in [-0.2, 0) is 9.59 Å². The van der Waals surface area contributed by atoms with Gasteiger partial charge in [-0.1, -0.05) is 12.1 Å². The van der Waals surface area contributed by atoms with Gasteiger partial charge in [-0.05, 0) is 19.1 Å². The highest BCUT2D eigenvalue weighted by molar-refractivity contribution is 6.22. The minimum atomic E-state index is -4.96. The van der Waals surface area contributed by atoms with Gasteiger partial charge in [0.2, 0.25) is 5.91 Å². The van der Waals surface area contributed by atoms with E-state index in [1.807, 2.05) is 0 Å². The van der Waals surface area contributed by atoms with Gasteiger partial charge in [0.25, 0.3) is 11.8 Å². The number of rotatable bonds is 2. The van der Waals surface area contributed by atoms with E-state index in [2.05, 4.69) is 0 Å². The Kier molecular flexibility index (Phi) is 4.66. The van der Waals surface area contributed by atoms with E-state index in [1.54, 1.807) is 12.1 Å². The Morgan fingerprint density at radius 3 is 1.81 bits per heavy atom. The lowest BCUT2D eigenvalue weighted by Gasteiger charge is -2.37. The van der Waals surface area contributed by atoms with Crippen molar-refractivity contribution < 1.29 is 32.3 Å². The molecule has 1 fully saturated rings. The monoisotopic (exact) mass is 383 g/mol. The number of carbonyl (C=O) groups excluding carboxylic acids is 4. The third-order valence-electron chi connectivity index (χ3n) is 4.69. The van der Waals surface area contributed by atoms with Crippen LogP contribution in [0.3, 0.4) is 0 Å². The number of imide groups is 1. The lowest BCUT2D eigenvalue weighted by molar-refractivity contribution is -0.187. The second-order valence-corrected chi connectivity index (χ2v) is 6.32. The van der Waals surface area contributed by atoms with Crippen molar-refractivity contribution >= 4 is 23.6 Å². The van der Waals surface area contributed by atoms with Gasteiger partial charge >= 0.3 is 12.1 Å². The summed E-state index contributed by atoms with van der Waals surface area (Å²) in [4.78, 5) is 51.5. The third-order valence-corrected chi connectivity index (χ3v) is 4.69. The fourth-order valence-electron chi connectivity index (χ4n) is 3.24. The maximum absolute atomic E-state index is 12.7. The Morgan fingerprint density at radius 2 is 1.37 bits per heavy atom. The van der Waals surface area contributed by atoms with E-state index in [0.717, 1.165) is 4.90 Å². The van der Waals surface area contributed by atoms with Crippen LogP contribution in [0.1, 0.15) is 27.6 Å². The highest BCUT2D eigenvalue weighted by Gasteiger charge is 2.45. The fraction of sp³-hybridized carbons (Fsp3) is 0.412. The molecular weight excluding hydrogens is 367 g/mol. The molecule has 0 radical (unpaired) electrons. The second kappa shape index (κ2) is 6.67. The number of carbonyl (C=O) groups is 4. The van der Waals surface area contributed by atoms with Crippen LogP contribution >= 0.6 is 0 Å². The molecule has 0 saturated carbocycles. The number of benzene rings is 1. The summed E-state index contributed by atoms with van der Waals surface area (Å²) in [6.07, 6.45) is -4.96. The highest BCUT2D eigenvalue weighted by Crippen LogP contribution is 2.25. The Balaban J connectivity index is 1.67. The number of halogens is 3. The van der Waals surface area contributed by atoms with Gasteiger partial charge in [-0.15, -0.1) is 0 Å². The third kappa shape index (κ3) is 3.26. The predicted molar refractivity (Wildman–Crippen MR) is 85.6 cm³/mol. The van der Waals surface area contributed by atoms with Crippen molar-refractivity contribution in [1.29, 1.82) is 0 Å². The molecule has 1 saturated heterocycles. The normalized spacial score (nSPS) is 18.6. The van der Waals surface area contributed by atoms with Gasteiger partial charge in [-0.25, -0.2) is 0 Å². The van der Waals surface area contributed by atoms with Crippen LogP contribution in [0.2, 0.25) is 0 Å². The molecule has 1 atom stereocenters. The fourth-order valence-corrected chi connectivity index (χ4v) is 3.24. The van der Waals surface area contributed by atoms with Crippen molar-refractivity contribution in [2.24, 2.45) is 0 Å². The van der Waals surface area contributed by atoms with E-state index in [1.165, 1.54) is 24.0 Å². The molecule has 144 valence electrons. The van der Waals surface area contributed by atoms with E-state index in [4.69, 9.17) is 0 Å². The SMILES string of the molecule is CC(C(=O)N1CCN(C(=O)C(F)(F)F)CC1)N1C(=O)c2ccccc2C1=O. The first-order valence-corrected chi connectivity index (χ1v) is 8.24. The van der Waals surface area contributed by atoms with E-state index < -0.39 is 35.8 Å². The molecule has 2 aliphatic rings. The summed E-state index contributed by atoms with van der Waals surface area (Å²) in [5.74, 6) is -3.66. The molecule has 0 aliphatic carbocycles. The topological polar surface area (TPSA) is 78.0 Å². The van der Waals surface area contributed by atoms with Crippen LogP contribution in [0.4, 0.5) is 13.2 Å². The molecule has 0 aromatic heterocycles. The van der Waals surface area contributed by atoms with E-state index in [0.29, 0.717) is 4.90 Å². The highest BCUT2D eigenvalue weighted by atomic mass is 19.4. The molecule has 7 nitrogen and oxygen atoms in total. The Morgan fingerprint density at radius 1 is 0.926 bits per heavy atom. The molecule has 2 aliphatic heterocycles. The summed E-state index contributed by atoms with van der Waals surface area (Å²) >= 11 is 0. The van der Waals surface area contributed by atoms with Gasteiger partial charge in [-0.3, -0.25) is 24.1 Å². The zero-order valence-corrected chi connectivity index (χ0v) is 14.3. The van der Waals surface area contributed by atoms with Gasteiger partial charge in [0.05, 0.1) is 11.1 Å². The lowest BCUT2D eigenvalue weighted by atomic mass is 10.1. The Labute approximate surface area is 152 Å². The van der Waals surface area contributed by atoms with Crippen LogP contribution in [-0.4, -0.2) is 76.7 Å². The van der Waals surface area contributed by atoms with Gasteiger partial charge in [0.1, 0.15) is 6.04 Å². The molecule has 1 aromatic rings. The second-order valence-electron chi connectivity index (χ2n) is 6.32. The van der Waals surface area contributed by atoms with Crippen molar-refractivity contribution in [3.05, 3.63) is 35.4 Å². The smallest absolute Gasteiger partial charge is 0.337 e. The van der Waals surface area contributed by atoms with Gasteiger partial charge < -0.3 is 9.80 Å². The number of hydrogen-bond donors (Lipinski definition) is 0. The van der Waals surface area contributed by atoms with Crippen molar-refractivity contribution in [2.45, 2.75) is 19.1 Å². The maximum Gasteiger partial charge on any atom is 0.471 e. The van der Waals surface area contributed by atoms with Crippen molar-refractivity contribution in [3.8, 4) is 0 Å². The standard InChI is InChI=1S/C17H16F3N3O4/c1-10(23-14(25)11-4-2-3-5-12(11)15(23)26)13(24)21-6-8-22(9-7-21)16(27)17(18,19)20/h2-5,10H,6-9H2,1H3. The van der Waals surface area contributed by atoms with Gasteiger partial charge in [0.15, 0.2) is 0 Å². The molecule has 4 amide bonds. The summed E-state index contributed by atoms with van der Waals surface area (Å²) in [6, 6.07) is 5.11. The number of hydrogen-bond acceptors (Lipinski definition) is 4. The van der Waals surface area contributed by atoms with E-state index in [9.17, 15) is 32.3 Å². The summed E-state index contributed by atoms with van der Waals surface area (Å²) in [5.41, 5.74) is 0.422. The first-order chi connectivity index (χ1) is 12.6. The number of nitrogens with zero attached hydrogens (tertiary/aromatic N) is 3. The van der Waals surface area contributed by atoms with Crippen molar-refractivity contribution in [2.75, 3.05) is 26.2 Å². The number of piperazine rings is 1. The predicted octanol–water partition coefficient (Wildman–Crippen LogP) is 0.904. The van der Waals surface area contributed by atoms with Gasteiger partial charge in [0, 0.05) is 26.2 Å². The largest absolute Gasteiger partial charge is 0.471 e. The lowest BCUT2D eigenvalue weighted by Crippen LogP contribution is -2.57. The van der Waals surface area contributed by atoms with Gasteiger partial charge in [-0.2, -0.15) is 13.2 Å².